The number of hydrogen-bond donors (Lipinski definition) is 0. The number of ether oxygens (including phenoxy) is 1. The van der Waals surface area contributed by atoms with Crippen LogP contribution in [0.2, 0.25) is 10.0 Å². The summed E-state index contributed by atoms with van der Waals surface area (Å²) in [6, 6.07) is 5.14. The van der Waals surface area contributed by atoms with Crippen molar-refractivity contribution in [3.05, 3.63) is 33.8 Å². The Kier molecular flexibility index (Phi) is 5.01. The molecule has 0 amide bonds. The Morgan fingerprint density at radius 2 is 2.05 bits per heavy atom. The monoisotopic (exact) mass is 342 g/mol. The van der Waals surface area contributed by atoms with Crippen molar-refractivity contribution in [1.82, 2.24) is 0 Å². The molecule has 19 heavy (non-hydrogen) atoms. The van der Waals surface area contributed by atoms with Gasteiger partial charge in [-0.3, -0.25) is 0 Å². The fraction of sp³-hybridized carbons (Fsp3) is 0.500. The minimum absolute atomic E-state index is 0.202. The van der Waals surface area contributed by atoms with Gasteiger partial charge in [0, 0.05) is 33.3 Å². The third-order valence-corrected chi connectivity index (χ3v) is 5.89. The van der Waals surface area contributed by atoms with Gasteiger partial charge in [0.1, 0.15) is 0 Å². The highest BCUT2D eigenvalue weighted by Gasteiger charge is 2.35. The van der Waals surface area contributed by atoms with Crippen LogP contribution in [0.3, 0.4) is 0 Å². The summed E-state index contributed by atoms with van der Waals surface area (Å²) in [5.74, 6) is -0.202. The molecule has 1 fully saturated rings. The minimum Gasteiger partial charge on any atom is -0.381 e. The highest BCUT2D eigenvalue weighted by molar-refractivity contribution is 8.14. The molecule has 0 aliphatic carbocycles. The van der Waals surface area contributed by atoms with Crippen LogP contribution >= 0.6 is 33.9 Å². The van der Waals surface area contributed by atoms with E-state index in [1.807, 2.05) is 0 Å². The van der Waals surface area contributed by atoms with E-state index in [4.69, 9.17) is 38.6 Å². The first-order valence-electron chi connectivity index (χ1n) is 5.83. The summed E-state index contributed by atoms with van der Waals surface area (Å²) in [5, 5.41) is 0.542. The van der Waals surface area contributed by atoms with Crippen LogP contribution in [0.4, 0.5) is 0 Å². The number of rotatable bonds is 3. The lowest BCUT2D eigenvalue weighted by Crippen LogP contribution is -2.37. The van der Waals surface area contributed by atoms with Gasteiger partial charge in [-0.25, -0.2) is 8.42 Å². The zero-order chi connectivity index (χ0) is 14.0. The van der Waals surface area contributed by atoms with Gasteiger partial charge in [0.05, 0.1) is 11.9 Å². The van der Waals surface area contributed by atoms with Gasteiger partial charge in [-0.15, -0.1) is 0 Å². The van der Waals surface area contributed by atoms with Gasteiger partial charge in [0.25, 0.3) is 0 Å². The molecule has 1 aliphatic rings. The quantitative estimate of drug-likeness (QED) is 0.789. The second kappa shape index (κ2) is 6.19. The Bertz CT molecular complexity index is 559. The lowest BCUT2D eigenvalue weighted by molar-refractivity contribution is 0.0577. The summed E-state index contributed by atoms with van der Waals surface area (Å²) < 4.78 is 28.5. The molecule has 0 N–H and O–H groups in total. The van der Waals surface area contributed by atoms with Crippen molar-refractivity contribution in [1.29, 1.82) is 0 Å². The van der Waals surface area contributed by atoms with Crippen molar-refractivity contribution in [2.75, 3.05) is 13.2 Å². The van der Waals surface area contributed by atoms with E-state index in [9.17, 15) is 8.42 Å². The zero-order valence-corrected chi connectivity index (χ0v) is 13.1. The molecule has 0 saturated carbocycles. The molecule has 2 rings (SSSR count). The summed E-state index contributed by atoms with van der Waals surface area (Å²) in [5.41, 5.74) is 0.815. The predicted molar refractivity (Wildman–Crippen MR) is 77.7 cm³/mol. The number of hydrogen-bond acceptors (Lipinski definition) is 3. The Morgan fingerprint density at radius 1 is 1.32 bits per heavy atom. The summed E-state index contributed by atoms with van der Waals surface area (Å²) in [6.45, 7) is 0.774. The van der Waals surface area contributed by atoms with Gasteiger partial charge in [0.2, 0.25) is 9.05 Å². The number of benzene rings is 1. The molecular formula is C12H13Cl3O3S. The first-order chi connectivity index (χ1) is 8.88. The standard InChI is InChI=1S/C12H13Cl3O3S/c13-10-1-2-11(14)8(6-10)5-9-7-18-4-3-12(9)19(15,16)17/h1-2,6,9,12H,3-5,7H2/t9-,12+/m0/s1. The van der Waals surface area contributed by atoms with Crippen LogP contribution < -0.4 is 0 Å². The molecule has 3 nitrogen and oxygen atoms in total. The van der Waals surface area contributed by atoms with E-state index in [1.165, 1.54) is 0 Å². The molecule has 1 aromatic rings. The van der Waals surface area contributed by atoms with Gasteiger partial charge in [-0.2, -0.15) is 0 Å². The van der Waals surface area contributed by atoms with Gasteiger partial charge in [0.15, 0.2) is 0 Å². The van der Waals surface area contributed by atoms with Gasteiger partial charge >= 0.3 is 0 Å². The van der Waals surface area contributed by atoms with Crippen LogP contribution in [-0.2, 0) is 20.2 Å². The first kappa shape index (κ1) is 15.4. The molecule has 0 bridgehead atoms. The maximum absolute atomic E-state index is 11.6. The summed E-state index contributed by atoms with van der Waals surface area (Å²) in [4.78, 5) is 0. The molecule has 1 heterocycles. The van der Waals surface area contributed by atoms with Crippen LogP contribution in [0.25, 0.3) is 0 Å². The van der Waals surface area contributed by atoms with E-state index >= 15 is 0 Å². The molecule has 0 unspecified atom stereocenters. The van der Waals surface area contributed by atoms with E-state index in [0.717, 1.165) is 5.56 Å². The molecule has 7 heteroatoms. The van der Waals surface area contributed by atoms with Crippen molar-refractivity contribution in [3.63, 3.8) is 0 Å². The fourth-order valence-electron chi connectivity index (χ4n) is 2.32. The van der Waals surface area contributed by atoms with Gasteiger partial charge < -0.3 is 4.74 Å². The molecule has 1 aromatic carbocycles. The maximum Gasteiger partial charge on any atom is 0.235 e. The Morgan fingerprint density at radius 3 is 2.74 bits per heavy atom. The normalized spacial score (nSPS) is 24.4. The van der Waals surface area contributed by atoms with Crippen molar-refractivity contribution in [2.45, 2.75) is 18.1 Å². The first-order valence-corrected chi connectivity index (χ1v) is 8.96. The second-order valence-corrected chi connectivity index (χ2v) is 8.27. The average Bonchev–Trinajstić information content (AvgIpc) is 2.33. The van der Waals surface area contributed by atoms with Crippen LogP contribution in [-0.4, -0.2) is 26.9 Å². The van der Waals surface area contributed by atoms with E-state index in [2.05, 4.69) is 0 Å². The van der Waals surface area contributed by atoms with Crippen LogP contribution in [0.1, 0.15) is 12.0 Å². The Balaban J connectivity index is 2.22. The van der Waals surface area contributed by atoms with Crippen LogP contribution in [0.5, 0.6) is 0 Å². The van der Waals surface area contributed by atoms with E-state index in [0.29, 0.717) is 36.1 Å². The number of halogens is 3. The largest absolute Gasteiger partial charge is 0.381 e. The van der Waals surface area contributed by atoms with Crippen molar-refractivity contribution in [3.8, 4) is 0 Å². The summed E-state index contributed by atoms with van der Waals surface area (Å²) >= 11 is 12.0. The molecule has 0 aromatic heterocycles. The van der Waals surface area contributed by atoms with Crippen LogP contribution in [0, 0.1) is 5.92 Å². The van der Waals surface area contributed by atoms with Crippen molar-refractivity contribution >= 4 is 42.9 Å². The van der Waals surface area contributed by atoms with Crippen LogP contribution in [0.15, 0.2) is 18.2 Å². The molecule has 2 atom stereocenters. The van der Waals surface area contributed by atoms with Gasteiger partial charge in [-0.1, -0.05) is 23.2 Å². The summed E-state index contributed by atoms with van der Waals surface area (Å²) in [7, 11) is 1.90. The summed E-state index contributed by atoms with van der Waals surface area (Å²) in [6.07, 6.45) is 0.894. The molecular weight excluding hydrogens is 331 g/mol. The maximum atomic E-state index is 11.6. The highest BCUT2D eigenvalue weighted by Crippen LogP contribution is 2.30. The fourth-order valence-corrected chi connectivity index (χ4v) is 4.43. The minimum atomic E-state index is -3.60. The zero-order valence-electron chi connectivity index (χ0n) is 9.98. The Labute approximate surface area is 127 Å². The molecule has 1 aliphatic heterocycles. The predicted octanol–water partition coefficient (Wildman–Crippen LogP) is 3.51. The topological polar surface area (TPSA) is 43.4 Å². The molecule has 0 spiro atoms. The molecule has 106 valence electrons. The third-order valence-electron chi connectivity index (χ3n) is 3.26. The van der Waals surface area contributed by atoms with Crippen molar-refractivity contribution in [2.24, 2.45) is 5.92 Å². The molecule has 0 radical (unpaired) electrons. The van der Waals surface area contributed by atoms with Gasteiger partial charge in [-0.05, 0) is 36.6 Å². The van der Waals surface area contributed by atoms with E-state index in [1.54, 1.807) is 18.2 Å². The van der Waals surface area contributed by atoms with Crippen molar-refractivity contribution < 1.29 is 13.2 Å². The van der Waals surface area contributed by atoms with E-state index in [-0.39, 0.29) is 5.92 Å². The third kappa shape index (κ3) is 3.99. The second-order valence-electron chi connectivity index (χ2n) is 4.58. The smallest absolute Gasteiger partial charge is 0.235 e. The molecule has 1 saturated heterocycles. The lowest BCUT2D eigenvalue weighted by atomic mass is 9.93. The SMILES string of the molecule is O=S(=O)(Cl)[C@@H]1CCOC[C@@H]1Cc1cc(Cl)ccc1Cl. The highest BCUT2D eigenvalue weighted by atomic mass is 35.7. The average molecular weight is 344 g/mol. The Hall–Kier alpha value is -0.000000000000000167. The lowest BCUT2D eigenvalue weighted by Gasteiger charge is -2.29. The van der Waals surface area contributed by atoms with E-state index < -0.39 is 14.3 Å².